The van der Waals surface area contributed by atoms with Crippen LogP contribution < -0.4 is 5.73 Å². The number of aromatic nitrogens is 3. The van der Waals surface area contributed by atoms with Crippen molar-refractivity contribution in [3.8, 4) is 11.3 Å². The zero-order valence-corrected chi connectivity index (χ0v) is 19.3. The first kappa shape index (κ1) is 23.1. The minimum atomic E-state index is -4.18. The van der Waals surface area contributed by atoms with E-state index in [0.717, 1.165) is 11.1 Å². The van der Waals surface area contributed by atoms with Crippen LogP contribution in [0.3, 0.4) is 0 Å². The zero-order chi connectivity index (χ0) is 25.2. The Balaban J connectivity index is 1.22. The van der Waals surface area contributed by atoms with Gasteiger partial charge in [0.25, 0.3) is 5.69 Å². The maximum atomic E-state index is 13.1. The Hall–Kier alpha value is -3.61. The van der Waals surface area contributed by atoms with Crippen LogP contribution in [-0.2, 0) is 23.1 Å². The highest BCUT2D eigenvalue weighted by molar-refractivity contribution is 5.84. The number of hydrogen-bond acceptors (Lipinski definition) is 5. The molecule has 0 unspecified atom stereocenters. The molecule has 0 spiro atoms. The van der Waals surface area contributed by atoms with E-state index in [1.807, 2.05) is 13.8 Å². The van der Waals surface area contributed by atoms with E-state index in [-0.39, 0.29) is 43.9 Å². The molecule has 2 bridgehead atoms. The van der Waals surface area contributed by atoms with Gasteiger partial charge < -0.3 is 10.3 Å². The predicted molar refractivity (Wildman–Crippen MR) is 122 cm³/mol. The first-order valence-corrected chi connectivity index (χ1v) is 11.4. The van der Waals surface area contributed by atoms with E-state index in [4.69, 9.17) is 16.8 Å². The number of halogens is 3. The van der Waals surface area contributed by atoms with E-state index < -0.39 is 17.0 Å². The summed E-state index contributed by atoms with van der Waals surface area (Å²) in [5, 5.41) is 8.45. The predicted octanol–water partition coefficient (Wildman–Crippen LogP) is 5.59. The van der Waals surface area contributed by atoms with Crippen molar-refractivity contribution in [1.82, 2.24) is 14.9 Å². The summed E-state index contributed by atoms with van der Waals surface area (Å²) in [4.78, 5) is 16.1. The molecule has 2 heterocycles. The lowest BCUT2D eigenvalue weighted by Gasteiger charge is -2.69. The van der Waals surface area contributed by atoms with Crippen LogP contribution in [0, 0.1) is 12.0 Å². The minimum absolute atomic E-state index is 0.0121. The third kappa shape index (κ3) is 3.61. The average molecular weight is 483 g/mol. The van der Waals surface area contributed by atoms with Gasteiger partial charge in [-0.05, 0) is 44.2 Å². The molecule has 3 aliphatic rings. The molecule has 2 N–H and O–H groups in total. The van der Waals surface area contributed by atoms with Gasteiger partial charge in [0.1, 0.15) is 23.1 Å². The Kier molecular flexibility index (Phi) is 5.09. The first-order valence-electron chi connectivity index (χ1n) is 11.4. The van der Waals surface area contributed by atoms with Crippen molar-refractivity contribution in [2.24, 2.45) is 5.41 Å². The van der Waals surface area contributed by atoms with Crippen LogP contribution in [0.1, 0.15) is 56.2 Å². The number of rotatable bonds is 7. The largest absolute Gasteiger partial charge is 0.394 e. The van der Waals surface area contributed by atoms with Crippen LogP contribution in [0.25, 0.3) is 16.1 Å². The average Bonchev–Trinajstić information content (AvgIpc) is 3.29. The number of hydrogen-bond donors (Lipinski definition) is 1. The maximum Gasteiger partial charge on any atom is 0.394 e. The summed E-state index contributed by atoms with van der Waals surface area (Å²) in [7, 11) is 0. The smallest absolute Gasteiger partial charge is 0.393 e. The molecule has 35 heavy (non-hydrogen) atoms. The Morgan fingerprint density at radius 2 is 1.89 bits per heavy atom. The molecule has 3 aliphatic carbocycles. The second kappa shape index (κ2) is 7.70. The molecule has 3 saturated carbocycles. The fourth-order valence-electron chi connectivity index (χ4n) is 5.41. The van der Waals surface area contributed by atoms with Crippen molar-refractivity contribution in [1.29, 1.82) is 0 Å². The van der Waals surface area contributed by atoms with Crippen molar-refractivity contribution < 1.29 is 22.5 Å². The normalized spacial score (nSPS) is 23.0. The molecule has 2 aromatic heterocycles. The number of carbonyl (C=O) groups is 1. The van der Waals surface area contributed by atoms with Crippen LogP contribution in [0.2, 0.25) is 0 Å². The number of nitrogen functional groups attached to an aromatic ring is 1. The molecule has 10 heteroatoms. The lowest BCUT2D eigenvalue weighted by atomic mass is 9.34. The quantitative estimate of drug-likeness (QED) is 0.443. The molecular weight excluding hydrogens is 459 g/mol. The summed E-state index contributed by atoms with van der Waals surface area (Å²) < 4.78 is 46.2. The number of benzene rings is 1. The number of anilines is 1. The van der Waals surface area contributed by atoms with Crippen LogP contribution in [-0.4, -0.2) is 26.9 Å². The van der Waals surface area contributed by atoms with Crippen molar-refractivity contribution in [2.45, 2.75) is 63.6 Å². The Morgan fingerprint density at radius 3 is 2.46 bits per heavy atom. The van der Waals surface area contributed by atoms with Gasteiger partial charge in [0.2, 0.25) is 0 Å². The number of nitrogens with two attached hydrogens (primary N) is 1. The Bertz CT molecular complexity index is 1330. The molecule has 0 atom stereocenters. The Labute approximate surface area is 199 Å². The number of ketones is 1. The summed E-state index contributed by atoms with van der Waals surface area (Å²) in [6.07, 6.45) is -3.85. The molecule has 6 rings (SSSR count). The summed E-state index contributed by atoms with van der Waals surface area (Å²) in [5.74, 6) is 0.590. The van der Waals surface area contributed by atoms with Crippen molar-refractivity contribution in [2.75, 3.05) is 5.73 Å². The number of alkyl halides is 3. The monoisotopic (exact) mass is 483 g/mol. The highest BCUT2D eigenvalue weighted by atomic mass is 19.4. The van der Waals surface area contributed by atoms with Gasteiger partial charge in [-0.15, -0.1) is 0 Å². The molecule has 0 saturated heterocycles. The van der Waals surface area contributed by atoms with Gasteiger partial charge in [-0.2, -0.15) is 18.3 Å². The van der Waals surface area contributed by atoms with Gasteiger partial charge >= 0.3 is 6.18 Å². The van der Waals surface area contributed by atoms with Gasteiger partial charge in [-0.3, -0.25) is 9.48 Å². The van der Waals surface area contributed by atoms with Gasteiger partial charge in [0, 0.05) is 23.9 Å². The number of carbonyl (C=O) groups excluding carboxylic acids is 1. The van der Waals surface area contributed by atoms with E-state index in [9.17, 15) is 18.0 Å². The van der Waals surface area contributed by atoms with Crippen molar-refractivity contribution >= 4 is 17.3 Å². The molecular formula is C25H24F3N5O2. The van der Waals surface area contributed by atoms with Crippen LogP contribution in [0.15, 0.2) is 34.9 Å². The summed E-state index contributed by atoms with van der Waals surface area (Å²) >= 11 is 0. The van der Waals surface area contributed by atoms with Crippen LogP contribution in [0.4, 0.5) is 24.7 Å². The molecule has 0 aliphatic heterocycles. The van der Waals surface area contributed by atoms with Gasteiger partial charge in [0.15, 0.2) is 0 Å². The molecule has 1 aromatic carbocycles. The standard InChI is InChI=1S/C25H24F3N5O2/c1-14(2)33-22(29)21(30-3)20(31-33)16-6-4-15(5-7-16)8-17(34)9-18-10-19(32-35-18)23-11-24(12-23,13-23)25(26,27)28/h4-7,10,14H,8-9,11-13,29H2,1-2H3. The van der Waals surface area contributed by atoms with Crippen LogP contribution >= 0.6 is 0 Å². The van der Waals surface area contributed by atoms with E-state index in [1.54, 1.807) is 35.0 Å². The topological polar surface area (TPSA) is 91.3 Å². The summed E-state index contributed by atoms with van der Waals surface area (Å²) in [5.41, 5.74) is 6.80. The molecule has 182 valence electrons. The Morgan fingerprint density at radius 1 is 1.23 bits per heavy atom. The molecule has 0 amide bonds. The molecule has 3 aromatic rings. The number of Topliss-reactive ketones (excluding diaryl/α,β-unsaturated/α-hetero) is 1. The third-order valence-electron chi connectivity index (χ3n) is 7.26. The van der Waals surface area contributed by atoms with E-state index >= 15 is 0 Å². The van der Waals surface area contributed by atoms with Gasteiger partial charge in [0.05, 0.1) is 24.1 Å². The summed E-state index contributed by atoms with van der Waals surface area (Å²) in [6, 6.07) is 8.84. The third-order valence-corrected chi connectivity index (χ3v) is 7.26. The van der Waals surface area contributed by atoms with E-state index in [2.05, 4.69) is 15.1 Å². The molecule has 7 nitrogen and oxygen atoms in total. The van der Waals surface area contributed by atoms with E-state index in [0.29, 0.717) is 28.7 Å². The second-order valence-corrected chi connectivity index (χ2v) is 10.1. The highest BCUT2D eigenvalue weighted by Gasteiger charge is 2.79. The van der Waals surface area contributed by atoms with Gasteiger partial charge in [-0.25, -0.2) is 4.85 Å². The number of nitrogens with zero attached hydrogens (tertiary/aromatic N) is 4. The lowest BCUT2D eigenvalue weighted by molar-refractivity contribution is -0.338. The SMILES string of the molecule is [C-]#[N+]c1c(-c2ccc(CC(=O)Cc3cc(C45CC(C(F)(F)F)(C4)C5)no3)cc2)nn(C(C)C)c1N. The maximum absolute atomic E-state index is 13.1. The van der Waals surface area contributed by atoms with Crippen molar-refractivity contribution in [3.05, 3.63) is 58.8 Å². The first-order chi connectivity index (χ1) is 16.5. The summed E-state index contributed by atoms with van der Waals surface area (Å²) in [6.45, 7) is 11.3. The zero-order valence-electron chi connectivity index (χ0n) is 19.3. The fourth-order valence-corrected chi connectivity index (χ4v) is 5.41. The van der Waals surface area contributed by atoms with Crippen molar-refractivity contribution in [3.63, 3.8) is 0 Å². The second-order valence-electron chi connectivity index (χ2n) is 10.1. The highest BCUT2D eigenvalue weighted by Crippen LogP contribution is 2.78. The molecule has 3 fully saturated rings. The van der Waals surface area contributed by atoms with E-state index in [1.165, 1.54) is 0 Å². The minimum Gasteiger partial charge on any atom is -0.393 e. The lowest BCUT2D eigenvalue weighted by Crippen LogP contribution is -2.70. The van der Waals surface area contributed by atoms with Gasteiger partial charge in [-0.1, -0.05) is 29.4 Å². The van der Waals surface area contributed by atoms with Crippen LogP contribution in [0.5, 0.6) is 0 Å². The molecule has 0 radical (unpaired) electrons. The fraction of sp³-hybridized carbons (Fsp3) is 0.440.